The van der Waals surface area contributed by atoms with Gasteiger partial charge in [-0.15, -0.1) is 17.9 Å². The van der Waals surface area contributed by atoms with E-state index in [1.165, 1.54) is 0 Å². The Labute approximate surface area is 332 Å². The molecular formula is C39H60Cl3NO7SSi. The maximum atomic E-state index is 14.6. The number of allylic oxidation sites excluding steroid dienone is 3. The third kappa shape index (κ3) is 15.4. The summed E-state index contributed by atoms with van der Waals surface area (Å²) in [4.78, 5) is 45.9. The highest BCUT2D eigenvalue weighted by Gasteiger charge is 2.47. The average Bonchev–Trinajstić information content (AvgIpc) is 3.49. The van der Waals surface area contributed by atoms with E-state index in [0.717, 1.165) is 45.6 Å². The lowest BCUT2D eigenvalue weighted by molar-refractivity contribution is -0.153. The summed E-state index contributed by atoms with van der Waals surface area (Å²) in [7, 11) is -2.36. The topological polar surface area (TPSA) is 101 Å². The molecule has 0 bridgehead atoms. The Bertz CT molecular complexity index is 1420. The standard InChI is InChI=1S/C39H60Cl3NO7SSi/c1-14-18-27(8)35(49-37(46)47-24-39(40,41)42)29(10)36(45)38(12,13)33(50-52(15-2,16-3)17-4)22-34(44)48-32(20-19-26(7)25(5)6)28(9)21-31-23-51-30(11)43-31/h14,19,21,23,27,29,32-33,35H,1,5,15-18,20,22,24H2,2-4,6-13H3/b26-19-,28-21+/t27?,29-,32+,33+,35+/m1/s1. The third-order valence-corrected chi connectivity index (χ3v) is 15.6. The van der Waals surface area contributed by atoms with Crippen LogP contribution in [0.1, 0.15) is 99.2 Å². The molecule has 0 aliphatic heterocycles. The first-order chi connectivity index (χ1) is 24.1. The molecule has 1 rings (SSSR count). The predicted octanol–water partition coefficient (Wildman–Crippen LogP) is 11.8. The van der Waals surface area contributed by atoms with Gasteiger partial charge in [-0.3, -0.25) is 9.59 Å². The van der Waals surface area contributed by atoms with Crippen molar-refractivity contribution < 1.29 is 33.0 Å². The Balaban J connectivity index is 3.57. The molecule has 1 unspecified atom stereocenters. The van der Waals surface area contributed by atoms with Gasteiger partial charge in [0.05, 0.1) is 29.1 Å². The molecule has 0 aliphatic carbocycles. The highest BCUT2D eigenvalue weighted by atomic mass is 35.6. The fourth-order valence-electron chi connectivity index (χ4n) is 5.95. The van der Waals surface area contributed by atoms with Crippen LogP contribution in [0.5, 0.6) is 0 Å². The van der Waals surface area contributed by atoms with E-state index < -0.39 is 60.5 Å². The summed E-state index contributed by atoms with van der Waals surface area (Å²) in [6, 6.07) is 2.43. The Kier molecular flexibility index (Phi) is 20.2. The first-order valence-corrected chi connectivity index (χ1v) is 22.5. The number of aryl methyl sites for hydroxylation is 1. The minimum atomic E-state index is -2.36. The van der Waals surface area contributed by atoms with Crippen molar-refractivity contribution in [3.8, 4) is 0 Å². The van der Waals surface area contributed by atoms with E-state index in [1.54, 1.807) is 38.2 Å². The summed E-state index contributed by atoms with van der Waals surface area (Å²) in [5, 5.41) is 2.90. The van der Waals surface area contributed by atoms with E-state index in [2.05, 4.69) is 38.9 Å². The molecule has 294 valence electrons. The van der Waals surface area contributed by atoms with Crippen LogP contribution in [0.3, 0.4) is 0 Å². The SMILES string of the molecule is C=CCC(C)[C@H](OC(=O)OCC(Cl)(Cl)Cl)[C@@H](C)C(=O)C(C)(C)[C@H](CC(=O)O[C@@H](C/C=C(/C)C(=C)C)/C(C)=C/c1csc(C)n1)O[Si](CC)(CC)CC. The summed E-state index contributed by atoms with van der Waals surface area (Å²) < 4.78 is 22.1. The largest absolute Gasteiger partial charge is 0.508 e. The Hall–Kier alpha value is -1.95. The van der Waals surface area contributed by atoms with Crippen molar-refractivity contribution >= 4 is 78.4 Å². The number of ether oxygens (including phenoxy) is 3. The van der Waals surface area contributed by atoms with Gasteiger partial charge in [-0.05, 0) is 69.8 Å². The molecule has 13 heteroatoms. The zero-order valence-corrected chi connectivity index (χ0v) is 37.0. The van der Waals surface area contributed by atoms with Crippen LogP contribution in [0.2, 0.25) is 18.1 Å². The van der Waals surface area contributed by atoms with Crippen LogP contribution >= 0.6 is 46.1 Å². The van der Waals surface area contributed by atoms with Crippen molar-refractivity contribution in [1.29, 1.82) is 0 Å². The van der Waals surface area contributed by atoms with Crippen molar-refractivity contribution in [3.05, 3.63) is 58.1 Å². The van der Waals surface area contributed by atoms with E-state index >= 15 is 0 Å². The molecule has 0 aromatic carbocycles. The number of Topliss-reactive ketones (excluding diaryl/α,β-unsaturated/α-hetero) is 1. The highest BCUT2D eigenvalue weighted by molar-refractivity contribution is 7.09. The van der Waals surface area contributed by atoms with Gasteiger partial charge in [-0.2, -0.15) is 0 Å². The van der Waals surface area contributed by atoms with Crippen molar-refractivity contribution in [2.75, 3.05) is 6.61 Å². The lowest BCUT2D eigenvalue weighted by Crippen LogP contribution is -2.52. The lowest BCUT2D eigenvalue weighted by atomic mass is 9.73. The number of halogens is 3. The van der Waals surface area contributed by atoms with Crippen LogP contribution in [-0.4, -0.2) is 59.9 Å². The Morgan fingerprint density at radius 2 is 1.62 bits per heavy atom. The maximum absolute atomic E-state index is 14.6. The summed E-state index contributed by atoms with van der Waals surface area (Å²) in [5.74, 6) is -1.84. The smallest absolute Gasteiger partial charge is 0.457 e. The number of carbonyl (C=O) groups is 3. The van der Waals surface area contributed by atoms with Gasteiger partial charge >= 0.3 is 12.1 Å². The van der Waals surface area contributed by atoms with Crippen molar-refractivity contribution in [2.45, 2.75) is 136 Å². The number of nitrogens with zero attached hydrogens (tertiary/aromatic N) is 1. The van der Waals surface area contributed by atoms with Gasteiger partial charge in [-0.1, -0.05) is 113 Å². The van der Waals surface area contributed by atoms with Crippen molar-refractivity contribution in [1.82, 2.24) is 4.98 Å². The van der Waals surface area contributed by atoms with Gasteiger partial charge < -0.3 is 18.6 Å². The van der Waals surface area contributed by atoms with Crippen LogP contribution in [0.4, 0.5) is 4.79 Å². The first-order valence-electron chi connectivity index (χ1n) is 17.9. The molecule has 0 saturated carbocycles. The van der Waals surface area contributed by atoms with Crippen LogP contribution in [-0.2, 0) is 28.2 Å². The number of hydrogen-bond acceptors (Lipinski definition) is 9. The van der Waals surface area contributed by atoms with E-state index in [4.69, 9.17) is 53.4 Å². The lowest BCUT2D eigenvalue weighted by Gasteiger charge is -2.42. The van der Waals surface area contributed by atoms with Gasteiger partial charge in [0.1, 0.15) is 24.6 Å². The van der Waals surface area contributed by atoms with Crippen LogP contribution in [0, 0.1) is 24.2 Å². The maximum Gasteiger partial charge on any atom is 0.508 e. The molecule has 0 amide bonds. The van der Waals surface area contributed by atoms with Gasteiger partial charge in [0.25, 0.3) is 0 Å². The molecule has 5 atom stereocenters. The van der Waals surface area contributed by atoms with E-state index in [1.807, 2.05) is 52.2 Å². The number of alkyl halides is 3. The summed E-state index contributed by atoms with van der Waals surface area (Å²) in [6.45, 7) is 28.5. The fraction of sp³-hybridized carbons (Fsp3) is 0.641. The zero-order chi connectivity index (χ0) is 40.0. The second kappa shape index (κ2) is 21.8. The molecule has 1 aromatic heterocycles. The third-order valence-electron chi connectivity index (χ3n) is 9.81. The molecule has 0 fully saturated rings. The minimum absolute atomic E-state index is 0.151. The Morgan fingerprint density at radius 1 is 1.02 bits per heavy atom. The minimum Gasteiger partial charge on any atom is -0.457 e. The van der Waals surface area contributed by atoms with E-state index in [9.17, 15) is 14.4 Å². The second-order valence-corrected chi connectivity index (χ2v) is 22.5. The van der Waals surface area contributed by atoms with Gasteiger partial charge in [0.15, 0.2) is 8.32 Å². The van der Waals surface area contributed by atoms with Crippen LogP contribution in [0.15, 0.2) is 47.4 Å². The fourth-order valence-corrected chi connectivity index (χ4v) is 9.67. The number of aromatic nitrogens is 1. The number of hydrogen-bond donors (Lipinski definition) is 0. The van der Waals surface area contributed by atoms with Gasteiger partial charge in [0.2, 0.25) is 3.79 Å². The number of carbonyl (C=O) groups excluding carboxylic acids is 3. The predicted molar refractivity (Wildman–Crippen MR) is 219 cm³/mol. The number of thiazole rings is 1. The molecule has 1 aromatic rings. The number of esters is 1. The Morgan fingerprint density at radius 3 is 2.10 bits per heavy atom. The molecule has 0 N–H and O–H groups in total. The summed E-state index contributed by atoms with van der Waals surface area (Å²) in [6.07, 6.45) is 3.02. The van der Waals surface area contributed by atoms with Crippen molar-refractivity contribution in [2.24, 2.45) is 17.3 Å². The average molecular weight is 821 g/mol. The molecule has 1 heterocycles. The molecular weight excluding hydrogens is 761 g/mol. The van der Waals surface area contributed by atoms with Crippen LogP contribution in [0.25, 0.3) is 6.08 Å². The molecule has 0 radical (unpaired) electrons. The molecule has 52 heavy (non-hydrogen) atoms. The van der Waals surface area contributed by atoms with Crippen LogP contribution < -0.4 is 0 Å². The summed E-state index contributed by atoms with van der Waals surface area (Å²) >= 11 is 18.8. The number of ketones is 1. The van der Waals surface area contributed by atoms with E-state index in [-0.39, 0.29) is 18.1 Å². The highest BCUT2D eigenvalue weighted by Crippen LogP contribution is 2.38. The quantitative estimate of drug-likeness (QED) is 0.0375. The molecule has 0 saturated heterocycles. The zero-order valence-electron chi connectivity index (χ0n) is 32.9. The first kappa shape index (κ1) is 48.1. The normalized spacial score (nSPS) is 16.0. The monoisotopic (exact) mass is 819 g/mol. The molecule has 8 nitrogen and oxygen atoms in total. The molecule has 0 spiro atoms. The van der Waals surface area contributed by atoms with Crippen molar-refractivity contribution in [3.63, 3.8) is 0 Å². The van der Waals surface area contributed by atoms with Gasteiger partial charge in [0, 0.05) is 17.2 Å². The van der Waals surface area contributed by atoms with E-state index in [0.29, 0.717) is 12.8 Å². The summed E-state index contributed by atoms with van der Waals surface area (Å²) in [5.41, 5.74) is 2.37. The van der Waals surface area contributed by atoms with Gasteiger partial charge in [-0.25, -0.2) is 9.78 Å². The molecule has 0 aliphatic rings. The second-order valence-electron chi connectivity index (χ2n) is 14.2. The number of rotatable bonds is 22.